The molecular weight excluding hydrogens is 350 g/mol. The lowest BCUT2D eigenvalue weighted by molar-refractivity contribution is 0.0566. The number of anilines is 1. The Morgan fingerprint density at radius 1 is 1.32 bits per heavy atom. The van der Waals surface area contributed by atoms with E-state index in [0.717, 1.165) is 13.0 Å². The van der Waals surface area contributed by atoms with Crippen molar-refractivity contribution >= 4 is 11.9 Å². The van der Waals surface area contributed by atoms with Crippen LogP contribution in [-0.2, 0) is 4.74 Å². The van der Waals surface area contributed by atoms with Crippen molar-refractivity contribution in [1.82, 2.24) is 9.88 Å². The number of unbranched alkanes of at least 4 members (excludes halogenated alkanes) is 1. The lowest BCUT2D eigenvalue weighted by Crippen LogP contribution is -2.42. The maximum atomic E-state index is 12.8. The van der Waals surface area contributed by atoms with Crippen LogP contribution in [0.25, 0.3) is 0 Å². The second-order valence-corrected chi connectivity index (χ2v) is 8.96. The molecule has 2 atom stereocenters. The number of likely N-dealkylation sites (tertiary alicyclic amines) is 1. The molecule has 1 saturated heterocycles. The average molecular weight is 390 g/mol. The first-order valence-corrected chi connectivity index (χ1v) is 11.0. The van der Waals surface area contributed by atoms with Gasteiger partial charge in [-0.3, -0.25) is 9.80 Å². The Morgan fingerprint density at radius 3 is 2.64 bits per heavy atom. The number of hydrogen-bond acceptors (Lipinski definition) is 4. The molecule has 1 aromatic rings. The summed E-state index contributed by atoms with van der Waals surface area (Å²) in [6.45, 7) is 14.4. The van der Waals surface area contributed by atoms with Gasteiger partial charge in [0.1, 0.15) is 11.4 Å². The second kappa shape index (κ2) is 10.2. The van der Waals surface area contributed by atoms with Crippen LogP contribution in [0.4, 0.5) is 10.6 Å². The molecule has 1 aromatic heterocycles. The van der Waals surface area contributed by atoms with E-state index >= 15 is 0 Å². The van der Waals surface area contributed by atoms with Gasteiger partial charge in [-0.25, -0.2) is 9.78 Å². The summed E-state index contributed by atoms with van der Waals surface area (Å²) < 4.78 is 5.62. The number of carbonyl (C=O) groups excluding carboxylic acids is 1. The summed E-state index contributed by atoms with van der Waals surface area (Å²) >= 11 is 0. The van der Waals surface area contributed by atoms with E-state index in [1.165, 1.54) is 44.2 Å². The fourth-order valence-electron chi connectivity index (χ4n) is 3.73. The minimum absolute atomic E-state index is 0.0314. The Kier molecular flexibility index (Phi) is 8.29. The Bertz CT molecular complexity index is 609. The van der Waals surface area contributed by atoms with E-state index in [0.29, 0.717) is 11.9 Å². The molecule has 158 valence electrons. The van der Waals surface area contributed by atoms with Crippen molar-refractivity contribution < 1.29 is 9.53 Å². The Morgan fingerprint density at radius 2 is 2.07 bits per heavy atom. The molecular formula is C23H39N3O2. The highest BCUT2D eigenvalue weighted by Gasteiger charge is 2.28. The van der Waals surface area contributed by atoms with Gasteiger partial charge in [0.25, 0.3) is 0 Å². The van der Waals surface area contributed by atoms with E-state index in [-0.39, 0.29) is 12.1 Å². The van der Waals surface area contributed by atoms with Crippen molar-refractivity contribution in [1.29, 1.82) is 0 Å². The van der Waals surface area contributed by atoms with Crippen LogP contribution in [0.5, 0.6) is 0 Å². The summed E-state index contributed by atoms with van der Waals surface area (Å²) in [7, 11) is 0. The first-order valence-electron chi connectivity index (χ1n) is 11.0. The lowest BCUT2D eigenvalue weighted by Gasteiger charge is -2.36. The van der Waals surface area contributed by atoms with Crippen LogP contribution in [0.15, 0.2) is 18.3 Å². The number of carbonyl (C=O) groups is 1. The van der Waals surface area contributed by atoms with Gasteiger partial charge in [0, 0.05) is 18.3 Å². The minimum atomic E-state index is -0.523. The molecule has 28 heavy (non-hydrogen) atoms. The number of pyridine rings is 1. The molecule has 0 unspecified atom stereocenters. The zero-order chi connectivity index (χ0) is 20.7. The lowest BCUT2D eigenvalue weighted by atomic mass is 9.96. The molecule has 0 aromatic carbocycles. The third kappa shape index (κ3) is 6.20. The van der Waals surface area contributed by atoms with E-state index in [4.69, 9.17) is 4.74 Å². The number of hydrogen-bond donors (Lipinski definition) is 0. The molecule has 5 heteroatoms. The largest absolute Gasteiger partial charge is 0.443 e. The fourth-order valence-corrected chi connectivity index (χ4v) is 3.73. The number of piperidine rings is 1. The minimum Gasteiger partial charge on any atom is -0.443 e. The number of amides is 1. The smallest absolute Gasteiger partial charge is 0.416 e. The average Bonchev–Trinajstić information content (AvgIpc) is 2.65. The molecule has 0 saturated carbocycles. The first-order chi connectivity index (χ1) is 13.3. The third-order valence-corrected chi connectivity index (χ3v) is 5.44. The van der Waals surface area contributed by atoms with Gasteiger partial charge in [-0.1, -0.05) is 32.8 Å². The van der Waals surface area contributed by atoms with Crippen molar-refractivity contribution in [3.63, 3.8) is 0 Å². The third-order valence-electron chi connectivity index (χ3n) is 5.44. The standard InChI is InChI=1S/C23H39N3O2/c1-7-9-15-25-16-11-10-12-20(25)19-13-14-21(24-17-19)26(18(3)8-2)22(27)28-23(4,5)6/h13-14,17-18,20H,7-12,15-16H2,1-6H3/t18-,20+/m1/s1. The van der Waals surface area contributed by atoms with Crippen molar-refractivity contribution in [3.8, 4) is 0 Å². The van der Waals surface area contributed by atoms with Crippen molar-refractivity contribution in [2.75, 3.05) is 18.0 Å². The van der Waals surface area contributed by atoms with Gasteiger partial charge >= 0.3 is 6.09 Å². The fraction of sp³-hybridized carbons (Fsp3) is 0.739. The van der Waals surface area contributed by atoms with Gasteiger partial charge in [-0.05, 0) is 78.1 Å². The van der Waals surface area contributed by atoms with Gasteiger partial charge in [-0.2, -0.15) is 0 Å². The van der Waals surface area contributed by atoms with E-state index < -0.39 is 5.60 Å². The van der Waals surface area contributed by atoms with Crippen molar-refractivity contribution in [3.05, 3.63) is 23.9 Å². The molecule has 1 aliphatic rings. The molecule has 5 nitrogen and oxygen atoms in total. The van der Waals surface area contributed by atoms with E-state index in [1.807, 2.05) is 40.0 Å². The maximum absolute atomic E-state index is 12.8. The van der Waals surface area contributed by atoms with Crippen LogP contribution in [0, 0.1) is 0 Å². The van der Waals surface area contributed by atoms with Crippen molar-refractivity contribution in [2.24, 2.45) is 0 Å². The summed E-state index contributed by atoms with van der Waals surface area (Å²) in [6, 6.07) is 4.61. The zero-order valence-electron chi connectivity index (χ0n) is 18.7. The van der Waals surface area contributed by atoms with Crippen LogP contribution in [0.2, 0.25) is 0 Å². The normalized spacial score (nSPS) is 19.3. The summed E-state index contributed by atoms with van der Waals surface area (Å²) in [5.74, 6) is 0.670. The summed E-state index contributed by atoms with van der Waals surface area (Å²) in [6.07, 6.45) is 8.68. The zero-order valence-corrected chi connectivity index (χ0v) is 18.7. The van der Waals surface area contributed by atoms with Crippen LogP contribution in [0.1, 0.15) is 91.7 Å². The van der Waals surface area contributed by atoms with Crippen molar-refractivity contribution in [2.45, 2.75) is 97.8 Å². The Labute approximate surface area is 171 Å². The highest BCUT2D eigenvalue weighted by molar-refractivity contribution is 5.87. The van der Waals surface area contributed by atoms with Gasteiger partial charge in [-0.15, -0.1) is 0 Å². The quantitative estimate of drug-likeness (QED) is 0.578. The summed E-state index contributed by atoms with van der Waals surface area (Å²) in [4.78, 5) is 21.7. The number of nitrogens with zero attached hydrogens (tertiary/aromatic N) is 3. The molecule has 2 heterocycles. The Balaban J connectivity index is 2.20. The summed E-state index contributed by atoms with van der Waals surface area (Å²) in [5.41, 5.74) is 0.734. The maximum Gasteiger partial charge on any atom is 0.416 e. The van der Waals surface area contributed by atoms with Crippen LogP contribution >= 0.6 is 0 Å². The molecule has 0 N–H and O–H groups in total. The Hall–Kier alpha value is -1.62. The topological polar surface area (TPSA) is 45.7 Å². The number of ether oxygens (including phenoxy) is 1. The van der Waals surface area contributed by atoms with E-state index in [9.17, 15) is 4.79 Å². The second-order valence-electron chi connectivity index (χ2n) is 8.96. The highest BCUT2D eigenvalue weighted by atomic mass is 16.6. The van der Waals surface area contributed by atoms with Crippen LogP contribution in [-0.4, -0.2) is 40.7 Å². The SMILES string of the molecule is CCCCN1CCCC[C@H]1c1ccc(N(C(=O)OC(C)(C)C)[C@H](C)CC)nc1. The molecule has 0 bridgehead atoms. The van der Waals surface area contributed by atoms with Gasteiger partial charge in [0.2, 0.25) is 0 Å². The molecule has 0 aliphatic carbocycles. The molecule has 2 rings (SSSR count). The molecule has 1 aliphatic heterocycles. The van der Waals surface area contributed by atoms with E-state index in [2.05, 4.69) is 29.8 Å². The number of rotatable bonds is 7. The molecule has 0 radical (unpaired) electrons. The van der Waals surface area contributed by atoms with Crippen LogP contribution in [0.3, 0.4) is 0 Å². The molecule has 0 spiro atoms. The number of aromatic nitrogens is 1. The van der Waals surface area contributed by atoms with Gasteiger partial charge in [0.05, 0.1) is 0 Å². The first kappa shape index (κ1) is 22.7. The summed E-state index contributed by atoms with van der Waals surface area (Å²) in [5, 5.41) is 0. The van der Waals surface area contributed by atoms with Crippen LogP contribution < -0.4 is 4.90 Å². The van der Waals surface area contributed by atoms with Gasteiger partial charge < -0.3 is 4.74 Å². The molecule has 1 amide bonds. The monoisotopic (exact) mass is 389 g/mol. The van der Waals surface area contributed by atoms with E-state index in [1.54, 1.807) is 4.90 Å². The predicted molar refractivity (Wildman–Crippen MR) is 116 cm³/mol. The highest BCUT2D eigenvalue weighted by Crippen LogP contribution is 2.32. The van der Waals surface area contributed by atoms with Gasteiger partial charge in [0.15, 0.2) is 0 Å². The molecule has 1 fully saturated rings. The predicted octanol–water partition coefficient (Wildman–Crippen LogP) is 5.95.